The lowest BCUT2D eigenvalue weighted by Crippen LogP contribution is -2.37. The van der Waals surface area contributed by atoms with Crippen LogP contribution in [0.2, 0.25) is 5.02 Å². The lowest BCUT2D eigenvalue weighted by molar-refractivity contribution is 0.0955. The third-order valence-electron chi connectivity index (χ3n) is 5.09. The number of benzene rings is 1. The van der Waals surface area contributed by atoms with E-state index in [9.17, 15) is 19.5 Å². The Morgan fingerprint density at radius 1 is 1.28 bits per heavy atom. The normalized spacial score (nSPS) is 15.3. The fraction of sp³-hybridized carbons (Fsp3) is 0.400. The minimum absolute atomic E-state index is 0.114. The van der Waals surface area contributed by atoms with Gasteiger partial charge in [-0.2, -0.15) is 5.10 Å². The van der Waals surface area contributed by atoms with Crippen LogP contribution in [0.4, 0.5) is 0 Å². The van der Waals surface area contributed by atoms with Crippen molar-refractivity contribution in [2.75, 3.05) is 0 Å². The highest BCUT2D eigenvalue weighted by Gasteiger charge is 2.25. The number of carbonyl (C=O) groups is 1. The molecule has 0 atom stereocenters. The molecule has 1 amide bonds. The zero-order valence-electron chi connectivity index (χ0n) is 16.1. The molecule has 0 aliphatic heterocycles. The van der Waals surface area contributed by atoms with Crippen LogP contribution >= 0.6 is 11.6 Å². The lowest BCUT2D eigenvalue weighted by Gasteiger charge is -2.25. The van der Waals surface area contributed by atoms with Crippen LogP contribution in [0.3, 0.4) is 0 Å². The summed E-state index contributed by atoms with van der Waals surface area (Å²) in [5.74, 6) is -0.962. The van der Waals surface area contributed by atoms with E-state index < -0.39 is 23.0 Å². The molecular formula is C20H23ClN4O4. The first-order chi connectivity index (χ1) is 13.9. The standard InChI is InChI=1S/C20H23ClN4O4/c1-2-15(23-24-17(26)13-10-6-7-11-14(13)21)16-18(27)22-20(29)25(19(16)28)12-8-4-3-5-9-12/h6-7,10-12,28H,2-5,8-9H2,1H3,(H,24,26)(H,22,27,29)/b23-15-. The monoisotopic (exact) mass is 418 g/mol. The summed E-state index contributed by atoms with van der Waals surface area (Å²) < 4.78 is 1.23. The molecule has 2 aromatic rings. The minimum atomic E-state index is -0.743. The van der Waals surface area contributed by atoms with Gasteiger partial charge in [-0.1, -0.05) is 49.9 Å². The Balaban J connectivity index is 1.97. The summed E-state index contributed by atoms with van der Waals surface area (Å²) in [6.07, 6.45) is 4.74. The number of rotatable bonds is 5. The van der Waals surface area contributed by atoms with Crippen molar-refractivity contribution in [3.63, 3.8) is 0 Å². The molecule has 1 fully saturated rings. The molecule has 0 bridgehead atoms. The van der Waals surface area contributed by atoms with E-state index in [-0.39, 0.29) is 34.3 Å². The van der Waals surface area contributed by atoms with Crippen molar-refractivity contribution in [2.45, 2.75) is 51.5 Å². The summed E-state index contributed by atoms with van der Waals surface area (Å²) in [5, 5.41) is 15.1. The number of amides is 1. The van der Waals surface area contributed by atoms with E-state index >= 15 is 0 Å². The largest absolute Gasteiger partial charge is 0.494 e. The van der Waals surface area contributed by atoms with E-state index in [0.717, 1.165) is 32.1 Å². The molecular weight excluding hydrogens is 396 g/mol. The van der Waals surface area contributed by atoms with Crippen LogP contribution in [0.5, 0.6) is 5.88 Å². The fourth-order valence-corrected chi connectivity index (χ4v) is 3.83. The van der Waals surface area contributed by atoms with E-state index in [2.05, 4.69) is 15.5 Å². The van der Waals surface area contributed by atoms with Gasteiger partial charge in [0.1, 0.15) is 5.56 Å². The van der Waals surface area contributed by atoms with Crippen molar-refractivity contribution in [3.8, 4) is 5.88 Å². The first-order valence-corrected chi connectivity index (χ1v) is 10.0. The maximum Gasteiger partial charge on any atom is 0.331 e. The minimum Gasteiger partial charge on any atom is -0.494 e. The molecule has 9 heteroatoms. The third-order valence-corrected chi connectivity index (χ3v) is 5.42. The van der Waals surface area contributed by atoms with Crippen molar-refractivity contribution in [3.05, 3.63) is 61.3 Å². The third kappa shape index (κ3) is 4.42. The van der Waals surface area contributed by atoms with Crippen LogP contribution in [-0.2, 0) is 0 Å². The van der Waals surface area contributed by atoms with Gasteiger partial charge in [0, 0.05) is 6.04 Å². The molecule has 154 valence electrons. The van der Waals surface area contributed by atoms with Crippen molar-refractivity contribution in [1.82, 2.24) is 15.0 Å². The van der Waals surface area contributed by atoms with Gasteiger partial charge in [-0.3, -0.25) is 19.1 Å². The molecule has 3 rings (SSSR count). The van der Waals surface area contributed by atoms with Gasteiger partial charge in [0.05, 0.1) is 16.3 Å². The average Bonchev–Trinajstić information content (AvgIpc) is 2.71. The Kier molecular flexibility index (Phi) is 6.53. The van der Waals surface area contributed by atoms with E-state index in [0.29, 0.717) is 0 Å². The molecule has 8 nitrogen and oxygen atoms in total. The van der Waals surface area contributed by atoms with Gasteiger partial charge in [0.25, 0.3) is 11.5 Å². The second-order valence-corrected chi connectivity index (χ2v) is 7.36. The van der Waals surface area contributed by atoms with E-state index in [1.807, 2.05) is 0 Å². The predicted molar refractivity (Wildman–Crippen MR) is 111 cm³/mol. The van der Waals surface area contributed by atoms with Gasteiger partial charge in [-0.05, 0) is 31.4 Å². The average molecular weight is 419 g/mol. The number of aromatic nitrogens is 2. The second kappa shape index (κ2) is 9.09. The number of halogens is 1. The highest BCUT2D eigenvalue weighted by Crippen LogP contribution is 2.30. The maximum absolute atomic E-state index is 12.4. The second-order valence-electron chi connectivity index (χ2n) is 6.95. The lowest BCUT2D eigenvalue weighted by atomic mass is 9.95. The van der Waals surface area contributed by atoms with Crippen LogP contribution < -0.4 is 16.7 Å². The summed E-state index contributed by atoms with van der Waals surface area (Å²) in [6.45, 7) is 1.73. The van der Waals surface area contributed by atoms with Crippen molar-refractivity contribution in [2.24, 2.45) is 5.10 Å². The Hall–Kier alpha value is -2.87. The van der Waals surface area contributed by atoms with Gasteiger partial charge in [0.15, 0.2) is 0 Å². The van der Waals surface area contributed by atoms with Crippen molar-refractivity contribution < 1.29 is 9.90 Å². The number of hydrogen-bond donors (Lipinski definition) is 3. The molecule has 3 N–H and O–H groups in total. The smallest absolute Gasteiger partial charge is 0.331 e. The number of hydrogen-bond acceptors (Lipinski definition) is 5. The number of H-pyrrole nitrogens is 1. The van der Waals surface area contributed by atoms with Gasteiger partial charge >= 0.3 is 5.69 Å². The molecule has 0 radical (unpaired) electrons. The maximum atomic E-state index is 12.4. The van der Waals surface area contributed by atoms with Gasteiger partial charge in [0.2, 0.25) is 5.88 Å². The zero-order chi connectivity index (χ0) is 21.0. The number of carbonyl (C=O) groups excluding carboxylic acids is 1. The summed E-state index contributed by atoms with van der Waals surface area (Å²) in [6, 6.07) is 6.32. The Morgan fingerprint density at radius 2 is 1.97 bits per heavy atom. The SMILES string of the molecule is CC/C(=N/NC(=O)c1ccccc1Cl)c1c(O)n(C2CCCCC2)c(=O)[nH]c1=O. The summed E-state index contributed by atoms with van der Waals surface area (Å²) in [4.78, 5) is 39.4. The quantitative estimate of drug-likeness (QED) is 0.511. The topological polar surface area (TPSA) is 117 Å². The van der Waals surface area contributed by atoms with E-state index in [1.165, 1.54) is 4.57 Å². The molecule has 1 saturated carbocycles. The molecule has 1 aliphatic rings. The summed E-state index contributed by atoms with van der Waals surface area (Å²) >= 11 is 6.02. The molecule has 0 spiro atoms. The molecule has 1 aromatic heterocycles. The number of nitrogens with zero attached hydrogens (tertiary/aromatic N) is 2. The van der Waals surface area contributed by atoms with E-state index in [4.69, 9.17) is 11.6 Å². The number of aromatic amines is 1. The van der Waals surface area contributed by atoms with Gasteiger partial charge < -0.3 is 5.11 Å². The highest BCUT2D eigenvalue weighted by molar-refractivity contribution is 6.33. The molecule has 1 aromatic carbocycles. The molecule has 0 unspecified atom stereocenters. The first-order valence-electron chi connectivity index (χ1n) is 9.63. The molecule has 1 aliphatic carbocycles. The number of hydrazone groups is 1. The fourth-order valence-electron chi connectivity index (χ4n) is 3.61. The Bertz CT molecular complexity index is 1050. The summed E-state index contributed by atoms with van der Waals surface area (Å²) in [7, 11) is 0. The van der Waals surface area contributed by atoms with Crippen LogP contribution in [-0.4, -0.2) is 26.3 Å². The first kappa shape index (κ1) is 20.9. The highest BCUT2D eigenvalue weighted by atomic mass is 35.5. The van der Waals surface area contributed by atoms with Gasteiger partial charge in [-0.25, -0.2) is 10.2 Å². The van der Waals surface area contributed by atoms with Crippen LogP contribution in [0, 0.1) is 0 Å². The Labute approximate surface area is 172 Å². The van der Waals surface area contributed by atoms with Crippen LogP contribution in [0.1, 0.15) is 67.4 Å². The predicted octanol–water partition coefficient (Wildman–Crippen LogP) is 2.94. The summed E-state index contributed by atoms with van der Waals surface area (Å²) in [5.41, 5.74) is 1.27. The molecule has 0 saturated heterocycles. The molecule has 1 heterocycles. The Morgan fingerprint density at radius 3 is 2.62 bits per heavy atom. The van der Waals surface area contributed by atoms with Crippen molar-refractivity contribution in [1.29, 1.82) is 0 Å². The number of aromatic hydroxyl groups is 1. The van der Waals surface area contributed by atoms with E-state index in [1.54, 1.807) is 31.2 Å². The number of nitrogens with one attached hydrogen (secondary N) is 2. The van der Waals surface area contributed by atoms with Gasteiger partial charge in [-0.15, -0.1) is 0 Å². The van der Waals surface area contributed by atoms with Crippen LogP contribution in [0.15, 0.2) is 39.0 Å². The zero-order valence-corrected chi connectivity index (χ0v) is 16.8. The molecule has 29 heavy (non-hydrogen) atoms. The van der Waals surface area contributed by atoms with Crippen LogP contribution in [0.25, 0.3) is 0 Å². The van der Waals surface area contributed by atoms with Crippen molar-refractivity contribution >= 4 is 23.2 Å².